The van der Waals surface area contributed by atoms with Crippen LogP contribution in [0, 0.1) is 0 Å². The molecule has 6 nitrogen and oxygen atoms in total. The van der Waals surface area contributed by atoms with Crippen LogP contribution in [0.25, 0.3) is 0 Å². The quantitative estimate of drug-likeness (QED) is 0.434. The van der Waals surface area contributed by atoms with Crippen molar-refractivity contribution >= 4 is 35.0 Å². The van der Waals surface area contributed by atoms with Crippen LogP contribution in [0.2, 0.25) is 10.0 Å². The first-order chi connectivity index (χ1) is 18.4. The molecule has 0 aliphatic carbocycles. The molecule has 2 aliphatic rings. The second kappa shape index (κ2) is 11.4. The van der Waals surface area contributed by atoms with Gasteiger partial charge < -0.3 is 15.5 Å². The number of aromatic nitrogens is 1. The van der Waals surface area contributed by atoms with Crippen molar-refractivity contribution in [1.82, 2.24) is 20.5 Å². The van der Waals surface area contributed by atoms with E-state index < -0.39 is 5.41 Å². The molecule has 5 rings (SSSR count). The monoisotopic (exact) mass is 550 g/mol. The average Bonchev–Trinajstić information content (AvgIpc) is 3.40. The number of pyridine rings is 1. The number of hydrogen-bond donors (Lipinski definition) is 2. The summed E-state index contributed by atoms with van der Waals surface area (Å²) >= 11 is 12.7. The molecule has 2 fully saturated rings. The summed E-state index contributed by atoms with van der Waals surface area (Å²) in [7, 11) is 0. The first-order valence-electron chi connectivity index (χ1n) is 13.1. The standard InChI is InChI=1S/C30H32Cl2N4O2/c31-24-10-9-23(20-25(24)32)29(14-19-36(21-29)27(37)26-8-4-5-15-34-26)11-18-35-28(38)30(12-16-33-17-13-30)22-6-2-1-3-7-22/h1-10,15,20,33H,11-14,16-19,21H2,(H,35,38). The molecule has 3 aromatic rings. The number of halogens is 2. The Hall–Kier alpha value is -2.93. The molecule has 8 heteroatoms. The van der Waals surface area contributed by atoms with Gasteiger partial charge in [-0.3, -0.25) is 14.6 Å². The predicted molar refractivity (Wildman–Crippen MR) is 151 cm³/mol. The van der Waals surface area contributed by atoms with E-state index >= 15 is 0 Å². The van der Waals surface area contributed by atoms with E-state index in [0.717, 1.165) is 43.5 Å². The van der Waals surface area contributed by atoms with Gasteiger partial charge in [-0.2, -0.15) is 0 Å². The number of nitrogens with one attached hydrogen (secondary N) is 2. The number of amides is 2. The Balaban J connectivity index is 1.36. The molecule has 198 valence electrons. The Labute approximate surface area is 233 Å². The van der Waals surface area contributed by atoms with Gasteiger partial charge in [-0.05, 0) is 74.2 Å². The van der Waals surface area contributed by atoms with Crippen molar-refractivity contribution in [3.63, 3.8) is 0 Å². The minimum atomic E-state index is -0.542. The Morgan fingerprint density at radius 3 is 2.39 bits per heavy atom. The second-order valence-electron chi connectivity index (χ2n) is 10.3. The predicted octanol–water partition coefficient (Wildman–Crippen LogP) is 5.00. The van der Waals surface area contributed by atoms with Crippen LogP contribution < -0.4 is 10.6 Å². The van der Waals surface area contributed by atoms with Crippen molar-refractivity contribution in [2.24, 2.45) is 0 Å². The van der Waals surface area contributed by atoms with Crippen LogP contribution in [0.1, 0.15) is 47.3 Å². The van der Waals surface area contributed by atoms with Gasteiger partial charge in [-0.15, -0.1) is 0 Å². The summed E-state index contributed by atoms with van der Waals surface area (Å²) in [5, 5.41) is 7.64. The first-order valence-corrected chi connectivity index (χ1v) is 13.9. The Kier molecular flexibility index (Phi) is 8.03. The van der Waals surface area contributed by atoms with Crippen LogP contribution in [0.3, 0.4) is 0 Å². The summed E-state index contributed by atoms with van der Waals surface area (Å²) in [5.41, 5.74) is 1.62. The van der Waals surface area contributed by atoms with E-state index in [1.807, 2.05) is 47.4 Å². The summed E-state index contributed by atoms with van der Waals surface area (Å²) in [6, 6.07) is 21.1. The first kappa shape index (κ1) is 26.7. The minimum absolute atomic E-state index is 0.0638. The van der Waals surface area contributed by atoms with Crippen LogP contribution in [0.4, 0.5) is 0 Å². The lowest BCUT2D eigenvalue weighted by Gasteiger charge is -2.37. The number of carbonyl (C=O) groups excluding carboxylic acids is 2. The maximum Gasteiger partial charge on any atom is 0.272 e. The van der Waals surface area contributed by atoms with Gasteiger partial charge >= 0.3 is 0 Å². The summed E-state index contributed by atoms with van der Waals surface area (Å²) in [4.78, 5) is 33.1. The normalized spacial score (nSPS) is 20.7. The SMILES string of the molecule is O=C(c1ccccn1)N1CCC(CCNC(=O)C2(c3ccccc3)CCNCC2)(c2ccc(Cl)c(Cl)c2)C1. The van der Waals surface area contributed by atoms with Crippen LogP contribution in [-0.4, -0.2) is 54.4 Å². The molecule has 2 aromatic carbocycles. The van der Waals surface area contributed by atoms with E-state index in [2.05, 4.69) is 27.8 Å². The Morgan fingerprint density at radius 1 is 0.921 bits per heavy atom. The third kappa shape index (κ3) is 5.31. The van der Waals surface area contributed by atoms with Gasteiger partial charge in [0.25, 0.3) is 5.91 Å². The van der Waals surface area contributed by atoms with Gasteiger partial charge in [-0.25, -0.2) is 0 Å². The fourth-order valence-electron chi connectivity index (χ4n) is 5.95. The minimum Gasteiger partial charge on any atom is -0.355 e. The highest BCUT2D eigenvalue weighted by Gasteiger charge is 2.44. The fourth-order valence-corrected chi connectivity index (χ4v) is 6.25. The number of carbonyl (C=O) groups is 2. The van der Waals surface area contributed by atoms with Crippen molar-refractivity contribution in [3.8, 4) is 0 Å². The van der Waals surface area contributed by atoms with Crippen molar-refractivity contribution in [3.05, 3.63) is 99.8 Å². The number of nitrogens with zero attached hydrogens (tertiary/aromatic N) is 2. The van der Waals surface area contributed by atoms with Crippen LogP contribution in [0.5, 0.6) is 0 Å². The van der Waals surface area contributed by atoms with Crippen molar-refractivity contribution in [1.29, 1.82) is 0 Å². The van der Waals surface area contributed by atoms with E-state index in [4.69, 9.17) is 23.2 Å². The van der Waals surface area contributed by atoms with Gasteiger partial charge in [-0.1, -0.05) is 65.7 Å². The molecule has 1 aromatic heterocycles. The van der Waals surface area contributed by atoms with E-state index in [9.17, 15) is 9.59 Å². The second-order valence-corrected chi connectivity index (χ2v) is 11.1. The van der Waals surface area contributed by atoms with Crippen molar-refractivity contribution in [2.75, 3.05) is 32.7 Å². The highest BCUT2D eigenvalue weighted by atomic mass is 35.5. The summed E-state index contributed by atoms with van der Waals surface area (Å²) in [6.07, 6.45) is 4.58. The molecular formula is C30H32Cl2N4O2. The molecule has 2 saturated heterocycles. The molecule has 1 atom stereocenters. The zero-order chi connectivity index (χ0) is 26.6. The van der Waals surface area contributed by atoms with Crippen LogP contribution in [0.15, 0.2) is 72.9 Å². The molecule has 2 amide bonds. The summed E-state index contributed by atoms with van der Waals surface area (Å²) in [6.45, 7) is 3.22. The summed E-state index contributed by atoms with van der Waals surface area (Å²) < 4.78 is 0. The highest BCUT2D eigenvalue weighted by molar-refractivity contribution is 6.42. The third-order valence-electron chi connectivity index (χ3n) is 8.16. The van der Waals surface area contributed by atoms with Crippen molar-refractivity contribution < 1.29 is 9.59 Å². The van der Waals surface area contributed by atoms with Gasteiger partial charge in [0.05, 0.1) is 15.5 Å². The van der Waals surface area contributed by atoms with Gasteiger partial charge in [0.15, 0.2) is 0 Å². The molecule has 0 radical (unpaired) electrons. The zero-order valence-corrected chi connectivity index (χ0v) is 22.8. The number of hydrogen-bond acceptors (Lipinski definition) is 4. The zero-order valence-electron chi connectivity index (χ0n) is 21.3. The molecule has 2 aliphatic heterocycles. The molecule has 3 heterocycles. The average molecular weight is 552 g/mol. The van der Waals surface area contributed by atoms with E-state index in [-0.39, 0.29) is 17.2 Å². The number of rotatable bonds is 7. The fraction of sp³-hybridized carbons (Fsp3) is 0.367. The molecule has 38 heavy (non-hydrogen) atoms. The maximum absolute atomic E-state index is 13.7. The van der Waals surface area contributed by atoms with Crippen LogP contribution in [-0.2, 0) is 15.6 Å². The van der Waals surface area contributed by atoms with Gasteiger partial charge in [0.2, 0.25) is 5.91 Å². The van der Waals surface area contributed by atoms with Crippen LogP contribution >= 0.6 is 23.2 Å². The van der Waals surface area contributed by atoms with E-state index in [1.165, 1.54) is 0 Å². The molecular weight excluding hydrogens is 519 g/mol. The molecule has 0 bridgehead atoms. The lowest BCUT2D eigenvalue weighted by molar-refractivity contribution is -0.127. The molecule has 1 unspecified atom stereocenters. The molecule has 0 spiro atoms. The topological polar surface area (TPSA) is 74.3 Å². The number of piperidine rings is 1. The Bertz CT molecular complexity index is 1280. The van der Waals surface area contributed by atoms with Gasteiger partial charge in [0.1, 0.15) is 5.69 Å². The number of benzene rings is 2. The number of likely N-dealkylation sites (tertiary alicyclic amines) is 1. The smallest absolute Gasteiger partial charge is 0.272 e. The molecule has 0 saturated carbocycles. The lowest BCUT2D eigenvalue weighted by Crippen LogP contribution is -2.51. The molecule has 2 N–H and O–H groups in total. The van der Waals surface area contributed by atoms with Gasteiger partial charge in [0, 0.05) is 31.2 Å². The maximum atomic E-state index is 13.7. The highest BCUT2D eigenvalue weighted by Crippen LogP contribution is 2.40. The largest absolute Gasteiger partial charge is 0.355 e. The van der Waals surface area contributed by atoms with Crippen molar-refractivity contribution in [2.45, 2.75) is 36.5 Å². The van der Waals surface area contributed by atoms with E-state index in [1.54, 1.807) is 18.3 Å². The van der Waals surface area contributed by atoms with E-state index in [0.29, 0.717) is 41.8 Å². The lowest BCUT2D eigenvalue weighted by atomic mass is 9.72. The Morgan fingerprint density at radius 2 is 1.68 bits per heavy atom. The third-order valence-corrected chi connectivity index (χ3v) is 8.90. The summed E-state index contributed by atoms with van der Waals surface area (Å²) in [5.74, 6) is -0.0248.